The molecule has 2 heterocycles. The van der Waals surface area contributed by atoms with E-state index < -0.39 is 0 Å². The summed E-state index contributed by atoms with van der Waals surface area (Å²) in [4.78, 5) is 0. The Labute approximate surface area is 111 Å². The maximum absolute atomic E-state index is 2.30. The molecular weight excluding hydrogens is 232 g/mol. The third-order valence-electron chi connectivity index (χ3n) is 4.05. The normalized spacial score (nSPS) is 11.7. The molecule has 0 aliphatic heterocycles. The molecule has 4 aromatic rings. The van der Waals surface area contributed by atoms with Crippen molar-refractivity contribution >= 4 is 32.8 Å². The Morgan fingerprint density at radius 2 is 1.63 bits per heavy atom. The Kier molecular flexibility index (Phi) is 1.99. The van der Waals surface area contributed by atoms with Gasteiger partial charge in [-0.05, 0) is 24.3 Å². The molecule has 4 rings (SSSR count). The molecule has 0 bridgehead atoms. The summed E-state index contributed by atoms with van der Waals surface area (Å²) in [5.74, 6) is 0. The van der Waals surface area contributed by atoms with Gasteiger partial charge in [-0.3, -0.25) is 0 Å². The highest BCUT2D eigenvalue weighted by atomic mass is 15.0. The van der Waals surface area contributed by atoms with E-state index in [-0.39, 0.29) is 0 Å². The van der Waals surface area contributed by atoms with E-state index in [0.717, 1.165) is 0 Å². The van der Waals surface area contributed by atoms with Crippen LogP contribution in [0.25, 0.3) is 32.8 Å². The number of hydrogen-bond acceptors (Lipinski definition) is 0. The first-order valence-corrected chi connectivity index (χ1v) is 6.52. The number of para-hydroxylation sites is 2. The summed E-state index contributed by atoms with van der Waals surface area (Å²) in [6.07, 6.45) is 0. The lowest BCUT2D eigenvalue weighted by atomic mass is 10.1. The van der Waals surface area contributed by atoms with Crippen molar-refractivity contribution in [3.05, 3.63) is 54.6 Å². The van der Waals surface area contributed by atoms with Crippen LogP contribution in [0.2, 0.25) is 0 Å². The van der Waals surface area contributed by atoms with Crippen LogP contribution in [-0.4, -0.2) is 4.57 Å². The lowest BCUT2D eigenvalue weighted by Crippen LogP contribution is -2.29. The van der Waals surface area contributed by atoms with Crippen molar-refractivity contribution in [2.24, 2.45) is 14.1 Å². The minimum absolute atomic E-state index is 1.27. The first-order valence-electron chi connectivity index (χ1n) is 6.52. The Morgan fingerprint density at radius 1 is 0.895 bits per heavy atom. The van der Waals surface area contributed by atoms with Crippen molar-refractivity contribution in [3.8, 4) is 0 Å². The van der Waals surface area contributed by atoms with Crippen LogP contribution in [0, 0.1) is 0 Å². The molecule has 2 nitrogen and oxygen atoms in total. The molecular formula is C17H15N2+. The molecule has 0 fully saturated rings. The van der Waals surface area contributed by atoms with Crippen molar-refractivity contribution in [1.82, 2.24) is 4.57 Å². The molecule has 0 saturated carbocycles. The van der Waals surface area contributed by atoms with Gasteiger partial charge < -0.3 is 4.57 Å². The summed E-state index contributed by atoms with van der Waals surface area (Å²) in [7, 11) is 4.29. The zero-order valence-corrected chi connectivity index (χ0v) is 11.1. The molecule has 0 saturated heterocycles. The van der Waals surface area contributed by atoms with Gasteiger partial charge in [0, 0.05) is 18.5 Å². The van der Waals surface area contributed by atoms with Crippen molar-refractivity contribution < 1.29 is 4.57 Å². The van der Waals surface area contributed by atoms with Gasteiger partial charge >= 0.3 is 0 Å². The van der Waals surface area contributed by atoms with E-state index in [1.165, 1.54) is 32.8 Å². The minimum Gasteiger partial charge on any atom is -0.338 e. The van der Waals surface area contributed by atoms with E-state index in [1.54, 1.807) is 0 Å². The van der Waals surface area contributed by atoms with Gasteiger partial charge in [0.2, 0.25) is 11.0 Å². The zero-order valence-electron chi connectivity index (χ0n) is 11.1. The highest BCUT2D eigenvalue weighted by Crippen LogP contribution is 2.27. The summed E-state index contributed by atoms with van der Waals surface area (Å²) in [6, 6.07) is 19.4. The lowest BCUT2D eigenvalue weighted by Gasteiger charge is -2.00. The van der Waals surface area contributed by atoms with Crippen LogP contribution in [0.3, 0.4) is 0 Å². The molecule has 0 spiro atoms. The predicted molar refractivity (Wildman–Crippen MR) is 79.1 cm³/mol. The Balaban J connectivity index is 2.38. The predicted octanol–water partition coefficient (Wildman–Crippen LogP) is 3.31. The first kappa shape index (κ1) is 10.6. The fourth-order valence-electron chi connectivity index (χ4n) is 3.09. The molecule has 0 aliphatic carbocycles. The summed E-state index contributed by atoms with van der Waals surface area (Å²) in [6.45, 7) is 0. The smallest absolute Gasteiger partial charge is 0.238 e. The van der Waals surface area contributed by atoms with Crippen LogP contribution >= 0.6 is 0 Å². The van der Waals surface area contributed by atoms with E-state index in [2.05, 4.69) is 77.8 Å². The summed E-state index contributed by atoms with van der Waals surface area (Å²) in [5.41, 5.74) is 5.13. The van der Waals surface area contributed by atoms with E-state index >= 15 is 0 Å². The minimum atomic E-state index is 1.27. The van der Waals surface area contributed by atoms with Gasteiger partial charge in [0.25, 0.3) is 0 Å². The average molecular weight is 247 g/mol. The number of pyridine rings is 1. The van der Waals surface area contributed by atoms with Gasteiger partial charge in [0.1, 0.15) is 12.6 Å². The average Bonchev–Trinajstić information content (AvgIpc) is 2.74. The standard InChI is InChI=1S/C17H15N2/c1-18-15-10-6-4-8-13(15)17-16(18)11-12-7-3-5-9-14(12)19(17)2/h3-11H,1-2H3/q+1. The van der Waals surface area contributed by atoms with Gasteiger partial charge in [0.05, 0.1) is 10.9 Å². The van der Waals surface area contributed by atoms with Crippen LogP contribution in [0.4, 0.5) is 0 Å². The van der Waals surface area contributed by atoms with Gasteiger partial charge in [0.15, 0.2) is 0 Å². The second-order valence-corrected chi connectivity index (χ2v) is 5.07. The molecule has 0 atom stereocenters. The molecule has 0 N–H and O–H groups in total. The molecule has 0 unspecified atom stereocenters. The number of aromatic nitrogens is 2. The van der Waals surface area contributed by atoms with E-state index in [4.69, 9.17) is 0 Å². The van der Waals surface area contributed by atoms with E-state index in [9.17, 15) is 0 Å². The topological polar surface area (TPSA) is 8.81 Å². The van der Waals surface area contributed by atoms with Gasteiger partial charge in [-0.15, -0.1) is 0 Å². The van der Waals surface area contributed by atoms with Crippen molar-refractivity contribution in [1.29, 1.82) is 0 Å². The van der Waals surface area contributed by atoms with Crippen LogP contribution in [0.1, 0.15) is 0 Å². The number of fused-ring (bicyclic) bond motifs is 4. The number of rotatable bonds is 0. The molecule has 2 heteroatoms. The number of hydrogen-bond donors (Lipinski definition) is 0. The Hall–Kier alpha value is -2.35. The SMILES string of the molecule is Cn1c2ccccc2c2c1cc1ccccc1[n+]2C. The summed E-state index contributed by atoms with van der Waals surface area (Å²) in [5, 5.41) is 2.59. The zero-order chi connectivity index (χ0) is 13.0. The third kappa shape index (κ3) is 1.28. The highest BCUT2D eigenvalue weighted by Gasteiger charge is 2.18. The van der Waals surface area contributed by atoms with Crippen LogP contribution in [-0.2, 0) is 14.1 Å². The Morgan fingerprint density at radius 3 is 2.53 bits per heavy atom. The number of benzene rings is 2. The van der Waals surface area contributed by atoms with Gasteiger partial charge in [-0.25, -0.2) is 0 Å². The van der Waals surface area contributed by atoms with E-state index in [1.807, 2.05) is 0 Å². The lowest BCUT2D eigenvalue weighted by molar-refractivity contribution is -0.616. The maximum Gasteiger partial charge on any atom is 0.238 e. The highest BCUT2D eigenvalue weighted by molar-refractivity contribution is 6.06. The molecule has 0 aliphatic rings. The quantitative estimate of drug-likeness (QED) is 0.422. The van der Waals surface area contributed by atoms with Crippen LogP contribution in [0.5, 0.6) is 0 Å². The first-order chi connectivity index (χ1) is 9.27. The molecule has 0 amide bonds. The van der Waals surface area contributed by atoms with Crippen molar-refractivity contribution in [2.45, 2.75) is 0 Å². The van der Waals surface area contributed by atoms with Gasteiger partial charge in [-0.2, -0.15) is 4.57 Å². The third-order valence-corrected chi connectivity index (χ3v) is 4.05. The summed E-state index contributed by atoms with van der Waals surface area (Å²) >= 11 is 0. The number of nitrogens with zero attached hydrogens (tertiary/aromatic N) is 2. The summed E-state index contributed by atoms with van der Waals surface area (Å²) < 4.78 is 4.57. The van der Waals surface area contributed by atoms with Crippen molar-refractivity contribution in [2.75, 3.05) is 0 Å². The molecule has 2 aromatic carbocycles. The second kappa shape index (κ2) is 3.58. The van der Waals surface area contributed by atoms with E-state index in [0.29, 0.717) is 0 Å². The maximum atomic E-state index is 2.30. The van der Waals surface area contributed by atoms with Gasteiger partial charge in [-0.1, -0.05) is 24.3 Å². The fourth-order valence-corrected chi connectivity index (χ4v) is 3.09. The number of aryl methyl sites for hydroxylation is 2. The monoisotopic (exact) mass is 247 g/mol. The molecule has 0 radical (unpaired) electrons. The Bertz CT molecular complexity index is 932. The van der Waals surface area contributed by atoms with Crippen LogP contribution < -0.4 is 4.57 Å². The van der Waals surface area contributed by atoms with Crippen LogP contribution in [0.15, 0.2) is 54.6 Å². The largest absolute Gasteiger partial charge is 0.338 e. The fraction of sp³-hybridized carbons (Fsp3) is 0.118. The molecule has 19 heavy (non-hydrogen) atoms. The second-order valence-electron chi connectivity index (χ2n) is 5.07. The van der Waals surface area contributed by atoms with Crippen molar-refractivity contribution in [3.63, 3.8) is 0 Å². The molecule has 2 aromatic heterocycles. The molecule has 92 valence electrons.